The fourth-order valence-corrected chi connectivity index (χ4v) is 5.75. The molecule has 0 spiro atoms. The predicted molar refractivity (Wildman–Crippen MR) is 121 cm³/mol. The SMILES string of the molecule is CC(=O)Nc1ccc(N2C(=O)CC(N(CC3CCCO3)S(=O)(=O)c3ccc(F)cc3)C2=O)cc1. The molecule has 9 nitrogen and oxygen atoms in total. The number of halogens is 1. The minimum Gasteiger partial charge on any atom is -0.377 e. The lowest BCUT2D eigenvalue weighted by atomic mass is 10.2. The largest absolute Gasteiger partial charge is 0.377 e. The van der Waals surface area contributed by atoms with Gasteiger partial charge < -0.3 is 10.1 Å². The van der Waals surface area contributed by atoms with Crippen LogP contribution in [0.5, 0.6) is 0 Å². The molecule has 2 heterocycles. The molecule has 11 heteroatoms. The van der Waals surface area contributed by atoms with Gasteiger partial charge >= 0.3 is 0 Å². The fraction of sp³-hybridized carbons (Fsp3) is 0.348. The summed E-state index contributed by atoms with van der Waals surface area (Å²) in [5.74, 6) is -2.09. The Bertz CT molecular complexity index is 1190. The zero-order chi connectivity index (χ0) is 24.5. The molecule has 1 N–H and O–H groups in total. The van der Waals surface area contributed by atoms with Crippen molar-refractivity contribution in [1.82, 2.24) is 4.31 Å². The van der Waals surface area contributed by atoms with Gasteiger partial charge in [0.25, 0.3) is 5.91 Å². The summed E-state index contributed by atoms with van der Waals surface area (Å²) in [7, 11) is -4.23. The molecule has 2 saturated heterocycles. The average molecular weight is 490 g/mol. The number of anilines is 2. The van der Waals surface area contributed by atoms with E-state index in [-0.39, 0.29) is 29.5 Å². The number of hydrogen-bond donors (Lipinski definition) is 1. The quantitative estimate of drug-likeness (QED) is 0.597. The van der Waals surface area contributed by atoms with E-state index >= 15 is 0 Å². The van der Waals surface area contributed by atoms with Gasteiger partial charge in [0, 0.05) is 25.8 Å². The number of amides is 3. The first-order valence-corrected chi connectivity index (χ1v) is 12.2. The lowest BCUT2D eigenvalue weighted by molar-refractivity contribution is -0.122. The monoisotopic (exact) mass is 489 g/mol. The number of hydrogen-bond acceptors (Lipinski definition) is 6. The van der Waals surface area contributed by atoms with Crippen molar-refractivity contribution >= 4 is 39.1 Å². The van der Waals surface area contributed by atoms with E-state index < -0.39 is 39.8 Å². The molecule has 0 radical (unpaired) electrons. The van der Waals surface area contributed by atoms with Crippen LogP contribution in [0.4, 0.5) is 15.8 Å². The maximum Gasteiger partial charge on any atom is 0.252 e. The van der Waals surface area contributed by atoms with Crippen LogP contribution in [-0.4, -0.2) is 55.7 Å². The molecule has 180 valence electrons. The molecule has 0 saturated carbocycles. The van der Waals surface area contributed by atoms with E-state index in [2.05, 4.69) is 5.32 Å². The summed E-state index contributed by atoms with van der Waals surface area (Å²) in [5.41, 5.74) is 0.758. The third-order valence-electron chi connectivity index (χ3n) is 5.74. The highest BCUT2D eigenvalue weighted by Gasteiger charge is 2.47. The number of benzene rings is 2. The van der Waals surface area contributed by atoms with Gasteiger partial charge in [0.1, 0.15) is 11.9 Å². The Labute approximate surface area is 196 Å². The lowest BCUT2D eigenvalue weighted by Gasteiger charge is -2.29. The second kappa shape index (κ2) is 9.61. The third kappa shape index (κ3) is 4.86. The van der Waals surface area contributed by atoms with Gasteiger partial charge in [-0.05, 0) is 61.4 Å². The number of sulfonamides is 1. The summed E-state index contributed by atoms with van der Waals surface area (Å²) in [6.45, 7) is 1.74. The van der Waals surface area contributed by atoms with Crippen molar-refractivity contribution in [2.75, 3.05) is 23.4 Å². The second-order valence-electron chi connectivity index (χ2n) is 8.18. The van der Waals surface area contributed by atoms with E-state index in [1.165, 1.54) is 19.1 Å². The Kier molecular flexibility index (Phi) is 6.78. The molecule has 2 aliphatic rings. The molecular weight excluding hydrogens is 465 g/mol. The Morgan fingerprint density at radius 3 is 2.41 bits per heavy atom. The molecule has 34 heavy (non-hydrogen) atoms. The van der Waals surface area contributed by atoms with Gasteiger partial charge in [0.15, 0.2) is 0 Å². The van der Waals surface area contributed by atoms with Gasteiger partial charge in [-0.1, -0.05) is 0 Å². The van der Waals surface area contributed by atoms with Crippen molar-refractivity contribution in [2.45, 2.75) is 43.2 Å². The fourth-order valence-electron chi connectivity index (χ4n) is 4.13. The molecule has 2 aliphatic heterocycles. The van der Waals surface area contributed by atoms with Crippen LogP contribution < -0.4 is 10.2 Å². The number of ether oxygens (including phenoxy) is 1. The normalized spacial score (nSPS) is 20.9. The lowest BCUT2D eigenvalue weighted by Crippen LogP contribution is -2.48. The zero-order valence-corrected chi connectivity index (χ0v) is 19.3. The van der Waals surface area contributed by atoms with Gasteiger partial charge in [0.05, 0.1) is 23.1 Å². The minimum absolute atomic E-state index is 0.0985. The molecular formula is C23H24FN3O6S. The van der Waals surface area contributed by atoms with Crippen LogP contribution in [0, 0.1) is 5.82 Å². The summed E-state index contributed by atoms with van der Waals surface area (Å²) < 4.78 is 47.0. The first-order chi connectivity index (χ1) is 16.2. The molecule has 2 aromatic carbocycles. The molecule has 0 aliphatic carbocycles. The molecule has 2 fully saturated rings. The predicted octanol–water partition coefficient (Wildman–Crippen LogP) is 2.29. The van der Waals surface area contributed by atoms with Crippen LogP contribution in [0.1, 0.15) is 26.2 Å². The van der Waals surface area contributed by atoms with E-state index in [4.69, 9.17) is 4.74 Å². The summed E-state index contributed by atoms with van der Waals surface area (Å²) in [4.78, 5) is 38.2. The van der Waals surface area contributed by atoms with E-state index in [1.54, 1.807) is 12.1 Å². The van der Waals surface area contributed by atoms with Crippen LogP contribution >= 0.6 is 0 Å². The van der Waals surface area contributed by atoms with Crippen molar-refractivity contribution in [3.8, 4) is 0 Å². The topological polar surface area (TPSA) is 113 Å². The highest BCUT2D eigenvalue weighted by molar-refractivity contribution is 7.89. The standard InChI is InChI=1S/C23H24FN3O6S/c1-15(28)25-17-6-8-18(9-7-17)27-22(29)13-21(23(27)30)26(14-19-3-2-12-33-19)34(31,32)20-10-4-16(24)5-11-20/h4-11,19,21H,2-3,12-14H2,1H3,(H,25,28). The van der Waals surface area contributed by atoms with Crippen molar-refractivity contribution in [3.05, 3.63) is 54.3 Å². The third-order valence-corrected chi connectivity index (χ3v) is 7.63. The number of carbonyl (C=O) groups is 3. The summed E-state index contributed by atoms with van der Waals surface area (Å²) in [6.07, 6.45) is 0.640. The van der Waals surface area contributed by atoms with Gasteiger partial charge in [-0.3, -0.25) is 14.4 Å². The number of nitrogens with one attached hydrogen (secondary N) is 1. The van der Waals surface area contributed by atoms with E-state index in [0.717, 1.165) is 39.9 Å². The second-order valence-corrected chi connectivity index (χ2v) is 10.1. The molecule has 2 atom stereocenters. The molecule has 0 aromatic heterocycles. The molecule has 2 unspecified atom stereocenters. The van der Waals surface area contributed by atoms with Crippen molar-refractivity contribution in [2.24, 2.45) is 0 Å². The average Bonchev–Trinajstić information content (AvgIpc) is 3.40. The first kappa shape index (κ1) is 24.0. The van der Waals surface area contributed by atoms with Gasteiger partial charge in [-0.25, -0.2) is 17.7 Å². The van der Waals surface area contributed by atoms with Crippen LogP contribution in [-0.2, 0) is 29.1 Å². The van der Waals surface area contributed by atoms with Crippen LogP contribution in [0.25, 0.3) is 0 Å². The molecule has 3 amide bonds. The zero-order valence-electron chi connectivity index (χ0n) is 18.4. The van der Waals surface area contributed by atoms with E-state index in [1.807, 2.05) is 0 Å². The molecule has 0 bridgehead atoms. The maximum absolute atomic E-state index is 13.5. The highest BCUT2D eigenvalue weighted by atomic mass is 32.2. The number of rotatable bonds is 7. The van der Waals surface area contributed by atoms with Gasteiger partial charge in [0.2, 0.25) is 21.8 Å². The van der Waals surface area contributed by atoms with Crippen LogP contribution in [0.3, 0.4) is 0 Å². The van der Waals surface area contributed by atoms with Crippen molar-refractivity contribution in [1.29, 1.82) is 0 Å². The maximum atomic E-state index is 13.5. The number of imide groups is 1. The number of carbonyl (C=O) groups excluding carboxylic acids is 3. The van der Waals surface area contributed by atoms with Gasteiger partial charge in [-0.15, -0.1) is 0 Å². The summed E-state index contributed by atoms with van der Waals surface area (Å²) >= 11 is 0. The number of nitrogens with zero attached hydrogens (tertiary/aromatic N) is 2. The summed E-state index contributed by atoms with van der Waals surface area (Å²) in [5, 5.41) is 2.60. The Morgan fingerprint density at radius 2 is 1.82 bits per heavy atom. The summed E-state index contributed by atoms with van der Waals surface area (Å²) in [6, 6.07) is 9.16. The van der Waals surface area contributed by atoms with E-state index in [0.29, 0.717) is 18.7 Å². The Hall–Kier alpha value is -3.15. The smallest absolute Gasteiger partial charge is 0.252 e. The van der Waals surface area contributed by atoms with Crippen molar-refractivity contribution < 1.29 is 31.9 Å². The molecule has 2 aromatic rings. The van der Waals surface area contributed by atoms with Crippen LogP contribution in [0.2, 0.25) is 0 Å². The van der Waals surface area contributed by atoms with E-state index in [9.17, 15) is 27.2 Å². The Morgan fingerprint density at radius 1 is 1.15 bits per heavy atom. The molecule has 4 rings (SSSR count). The first-order valence-electron chi connectivity index (χ1n) is 10.8. The van der Waals surface area contributed by atoms with Gasteiger partial charge in [-0.2, -0.15) is 4.31 Å². The van der Waals surface area contributed by atoms with Crippen LogP contribution in [0.15, 0.2) is 53.4 Å². The van der Waals surface area contributed by atoms with Crippen molar-refractivity contribution in [3.63, 3.8) is 0 Å². The minimum atomic E-state index is -4.23. The highest BCUT2D eigenvalue weighted by Crippen LogP contribution is 2.31. The Balaban J connectivity index is 1.65.